The lowest BCUT2D eigenvalue weighted by atomic mass is 9.98. The molecule has 1 saturated heterocycles. The monoisotopic (exact) mass is 344 g/mol. The van der Waals surface area contributed by atoms with Crippen LogP contribution in [0.3, 0.4) is 0 Å². The summed E-state index contributed by atoms with van der Waals surface area (Å²) in [5, 5.41) is 16.1. The zero-order valence-electron chi connectivity index (χ0n) is 14.4. The van der Waals surface area contributed by atoms with Gasteiger partial charge in [0.1, 0.15) is 6.04 Å². The molecule has 3 rings (SSSR count). The fraction of sp³-hybridized carbons (Fsp3) is 0.500. The number of piperidine rings is 1. The lowest BCUT2D eigenvalue weighted by Gasteiger charge is -2.31. The van der Waals surface area contributed by atoms with Crippen LogP contribution in [0.15, 0.2) is 34.9 Å². The largest absolute Gasteiger partial charge is 0.396 e. The second kappa shape index (κ2) is 8.11. The molecule has 7 nitrogen and oxygen atoms in total. The van der Waals surface area contributed by atoms with E-state index in [1.165, 1.54) is 0 Å². The first-order valence-electron chi connectivity index (χ1n) is 8.68. The SMILES string of the molecule is CC(NC(=O)N1CCC(CO)CC1)c1nc(Cc2ccccc2)no1. The van der Waals surface area contributed by atoms with Gasteiger partial charge in [0.25, 0.3) is 0 Å². The van der Waals surface area contributed by atoms with E-state index in [1.54, 1.807) is 4.90 Å². The van der Waals surface area contributed by atoms with Crippen LogP contribution in [0.25, 0.3) is 0 Å². The van der Waals surface area contributed by atoms with Crippen molar-refractivity contribution in [1.82, 2.24) is 20.4 Å². The van der Waals surface area contributed by atoms with E-state index in [1.807, 2.05) is 37.3 Å². The minimum atomic E-state index is -0.347. The van der Waals surface area contributed by atoms with E-state index in [2.05, 4.69) is 15.5 Å². The van der Waals surface area contributed by atoms with Crippen LogP contribution in [-0.4, -0.2) is 45.9 Å². The van der Waals surface area contributed by atoms with Crippen LogP contribution in [0.5, 0.6) is 0 Å². The van der Waals surface area contributed by atoms with E-state index in [4.69, 9.17) is 4.52 Å². The van der Waals surface area contributed by atoms with Crippen LogP contribution in [0.1, 0.15) is 43.1 Å². The molecule has 2 aromatic rings. The molecule has 1 fully saturated rings. The van der Waals surface area contributed by atoms with Crippen LogP contribution >= 0.6 is 0 Å². The Morgan fingerprint density at radius 3 is 2.76 bits per heavy atom. The second-order valence-corrected chi connectivity index (χ2v) is 6.50. The van der Waals surface area contributed by atoms with Crippen LogP contribution in [0.4, 0.5) is 4.79 Å². The number of likely N-dealkylation sites (tertiary alicyclic amines) is 1. The minimum absolute atomic E-state index is 0.133. The molecule has 1 aromatic carbocycles. The Hall–Kier alpha value is -2.41. The number of hydrogen-bond acceptors (Lipinski definition) is 5. The number of nitrogens with zero attached hydrogens (tertiary/aromatic N) is 3. The highest BCUT2D eigenvalue weighted by atomic mass is 16.5. The van der Waals surface area contributed by atoms with E-state index >= 15 is 0 Å². The molecule has 0 bridgehead atoms. The Kier molecular flexibility index (Phi) is 5.65. The van der Waals surface area contributed by atoms with Crippen molar-refractivity contribution < 1.29 is 14.4 Å². The van der Waals surface area contributed by atoms with Crippen molar-refractivity contribution in [3.05, 3.63) is 47.6 Å². The molecule has 1 aliphatic heterocycles. The fourth-order valence-corrected chi connectivity index (χ4v) is 2.95. The third-order valence-corrected chi connectivity index (χ3v) is 4.56. The number of carbonyl (C=O) groups excluding carboxylic acids is 1. The van der Waals surface area contributed by atoms with Crippen molar-refractivity contribution in [3.8, 4) is 0 Å². The maximum Gasteiger partial charge on any atom is 0.318 e. The van der Waals surface area contributed by atoms with Crippen LogP contribution < -0.4 is 5.32 Å². The Balaban J connectivity index is 1.53. The normalized spacial score (nSPS) is 16.6. The van der Waals surface area contributed by atoms with Gasteiger partial charge in [0, 0.05) is 26.1 Å². The third kappa shape index (κ3) is 4.57. The Bertz CT molecular complexity index is 681. The topological polar surface area (TPSA) is 91.5 Å². The molecule has 2 N–H and O–H groups in total. The van der Waals surface area contributed by atoms with E-state index in [9.17, 15) is 9.90 Å². The summed E-state index contributed by atoms with van der Waals surface area (Å²) in [6.07, 6.45) is 2.26. The van der Waals surface area contributed by atoms with Gasteiger partial charge in [-0.15, -0.1) is 0 Å². The molecule has 1 atom stereocenters. The molecule has 0 saturated carbocycles. The van der Waals surface area contributed by atoms with Gasteiger partial charge in [0.15, 0.2) is 5.82 Å². The first kappa shape index (κ1) is 17.4. The number of aromatic nitrogens is 2. The van der Waals surface area contributed by atoms with Gasteiger partial charge in [0.05, 0.1) is 0 Å². The molecule has 2 amide bonds. The van der Waals surface area contributed by atoms with Gasteiger partial charge in [-0.05, 0) is 31.2 Å². The van der Waals surface area contributed by atoms with Gasteiger partial charge in [0.2, 0.25) is 5.89 Å². The fourth-order valence-electron chi connectivity index (χ4n) is 2.95. The number of nitrogens with one attached hydrogen (secondary N) is 1. The summed E-state index contributed by atoms with van der Waals surface area (Å²) in [5.74, 6) is 1.31. The van der Waals surface area contributed by atoms with Gasteiger partial charge < -0.3 is 19.8 Å². The molecular weight excluding hydrogens is 320 g/mol. The summed E-state index contributed by atoms with van der Waals surface area (Å²) in [6.45, 7) is 3.34. The standard InChI is InChI=1S/C18H24N4O3/c1-13(19-18(24)22-9-7-15(12-23)8-10-22)17-20-16(21-25-17)11-14-5-3-2-4-6-14/h2-6,13,15,23H,7-12H2,1H3,(H,19,24). The summed E-state index contributed by atoms with van der Waals surface area (Å²) in [5.41, 5.74) is 1.11. The number of benzene rings is 1. The van der Waals surface area contributed by atoms with Gasteiger partial charge in [-0.3, -0.25) is 0 Å². The molecule has 0 aliphatic carbocycles. The zero-order chi connectivity index (χ0) is 17.6. The first-order chi connectivity index (χ1) is 12.2. The van der Waals surface area contributed by atoms with Crippen molar-refractivity contribution in [3.63, 3.8) is 0 Å². The van der Waals surface area contributed by atoms with E-state index in [0.29, 0.717) is 37.1 Å². The van der Waals surface area contributed by atoms with Crippen molar-refractivity contribution in [2.24, 2.45) is 5.92 Å². The van der Waals surface area contributed by atoms with E-state index in [0.717, 1.165) is 18.4 Å². The predicted octanol–water partition coefficient (Wildman–Crippen LogP) is 2.14. The smallest absolute Gasteiger partial charge is 0.318 e. The average Bonchev–Trinajstić information content (AvgIpc) is 3.11. The molecule has 25 heavy (non-hydrogen) atoms. The molecule has 0 spiro atoms. The first-order valence-corrected chi connectivity index (χ1v) is 8.68. The van der Waals surface area contributed by atoms with Crippen molar-refractivity contribution >= 4 is 6.03 Å². The number of amides is 2. The third-order valence-electron chi connectivity index (χ3n) is 4.56. The number of hydrogen-bond donors (Lipinski definition) is 2. The van der Waals surface area contributed by atoms with Crippen molar-refractivity contribution in [1.29, 1.82) is 0 Å². The number of aliphatic hydroxyl groups is 1. The molecular formula is C18H24N4O3. The lowest BCUT2D eigenvalue weighted by Crippen LogP contribution is -2.45. The molecule has 2 heterocycles. The van der Waals surface area contributed by atoms with E-state index < -0.39 is 0 Å². The summed E-state index contributed by atoms with van der Waals surface area (Å²) in [6, 6.07) is 9.45. The highest BCUT2D eigenvalue weighted by Gasteiger charge is 2.24. The molecule has 1 unspecified atom stereocenters. The average molecular weight is 344 g/mol. The summed E-state index contributed by atoms with van der Waals surface area (Å²) >= 11 is 0. The second-order valence-electron chi connectivity index (χ2n) is 6.50. The predicted molar refractivity (Wildman–Crippen MR) is 91.9 cm³/mol. The number of aliphatic hydroxyl groups excluding tert-OH is 1. The van der Waals surface area contributed by atoms with Gasteiger partial charge in [-0.2, -0.15) is 4.98 Å². The lowest BCUT2D eigenvalue weighted by molar-refractivity contribution is 0.135. The summed E-state index contributed by atoms with van der Waals surface area (Å²) < 4.78 is 5.29. The highest BCUT2D eigenvalue weighted by Crippen LogP contribution is 2.18. The Morgan fingerprint density at radius 1 is 1.36 bits per heavy atom. The number of urea groups is 1. The summed E-state index contributed by atoms with van der Waals surface area (Å²) in [7, 11) is 0. The molecule has 1 aliphatic rings. The van der Waals surface area contributed by atoms with Crippen LogP contribution in [-0.2, 0) is 6.42 Å². The number of rotatable bonds is 5. The molecule has 1 aromatic heterocycles. The molecule has 0 radical (unpaired) electrons. The molecule has 7 heteroatoms. The minimum Gasteiger partial charge on any atom is -0.396 e. The maximum absolute atomic E-state index is 12.3. The van der Waals surface area contributed by atoms with E-state index in [-0.39, 0.29) is 18.7 Å². The highest BCUT2D eigenvalue weighted by molar-refractivity contribution is 5.74. The van der Waals surface area contributed by atoms with Gasteiger partial charge in [-0.25, -0.2) is 4.79 Å². The van der Waals surface area contributed by atoms with Crippen LogP contribution in [0.2, 0.25) is 0 Å². The molecule has 134 valence electrons. The Morgan fingerprint density at radius 2 is 2.08 bits per heavy atom. The van der Waals surface area contributed by atoms with Crippen molar-refractivity contribution in [2.45, 2.75) is 32.2 Å². The Labute approximate surface area is 147 Å². The quantitative estimate of drug-likeness (QED) is 0.867. The van der Waals surface area contributed by atoms with Crippen molar-refractivity contribution in [2.75, 3.05) is 19.7 Å². The maximum atomic E-state index is 12.3. The number of carbonyl (C=O) groups is 1. The van der Waals surface area contributed by atoms with Gasteiger partial charge in [-0.1, -0.05) is 35.5 Å². The van der Waals surface area contributed by atoms with Gasteiger partial charge >= 0.3 is 6.03 Å². The van der Waals surface area contributed by atoms with Crippen LogP contribution in [0, 0.1) is 5.92 Å². The zero-order valence-corrected chi connectivity index (χ0v) is 14.4. The summed E-state index contributed by atoms with van der Waals surface area (Å²) in [4.78, 5) is 18.5.